The maximum Gasteiger partial charge on any atom is 0.104 e. The van der Waals surface area contributed by atoms with Crippen molar-refractivity contribution in [3.05, 3.63) is 77.5 Å². The molecule has 106 valence electrons. The molecule has 2 aromatic carbocycles. The van der Waals surface area contributed by atoms with Crippen LogP contribution in [0, 0.1) is 0 Å². The van der Waals surface area contributed by atoms with Gasteiger partial charge in [-0.3, -0.25) is 4.98 Å². The third-order valence-electron chi connectivity index (χ3n) is 3.60. The number of hydrogen-bond donors (Lipinski definition) is 1. The Morgan fingerprint density at radius 2 is 1.95 bits per heavy atom. The highest BCUT2D eigenvalue weighted by atomic mass is 16.5. The summed E-state index contributed by atoms with van der Waals surface area (Å²) in [5.41, 5.74) is 3.59. The Morgan fingerprint density at radius 3 is 2.81 bits per heavy atom. The van der Waals surface area contributed by atoms with E-state index in [1.165, 1.54) is 0 Å². The van der Waals surface area contributed by atoms with E-state index in [9.17, 15) is 5.11 Å². The quantitative estimate of drug-likeness (QED) is 0.795. The van der Waals surface area contributed by atoms with Gasteiger partial charge < -0.3 is 9.84 Å². The molecular weight excluding hydrogens is 262 g/mol. The molecule has 0 saturated heterocycles. The minimum atomic E-state index is -0.678. The second-order valence-electron chi connectivity index (χ2n) is 4.99. The van der Waals surface area contributed by atoms with Gasteiger partial charge in [0.15, 0.2) is 0 Å². The number of benzene rings is 2. The SMILES string of the molecule is COCc1ccccc1C(O)c1ccc2cccnc2c1. The molecule has 0 amide bonds. The first kappa shape index (κ1) is 13.7. The molecule has 0 aliphatic rings. The summed E-state index contributed by atoms with van der Waals surface area (Å²) in [6.45, 7) is 0.485. The molecule has 0 fully saturated rings. The molecule has 0 spiro atoms. The van der Waals surface area contributed by atoms with Gasteiger partial charge in [0.2, 0.25) is 0 Å². The average molecular weight is 279 g/mol. The third kappa shape index (κ3) is 2.79. The highest BCUT2D eigenvalue weighted by Gasteiger charge is 2.14. The van der Waals surface area contributed by atoms with E-state index in [1.807, 2.05) is 54.6 Å². The Morgan fingerprint density at radius 1 is 1.10 bits per heavy atom. The number of fused-ring (bicyclic) bond motifs is 1. The van der Waals surface area contributed by atoms with E-state index in [4.69, 9.17) is 4.74 Å². The van der Waals surface area contributed by atoms with Crippen LogP contribution in [0.1, 0.15) is 22.8 Å². The van der Waals surface area contributed by atoms with Crippen molar-refractivity contribution >= 4 is 10.9 Å². The Bertz CT molecular complexity index is 755. The molecule has 1 unspecified atom stereocenters. The van der Waals surface area contributed by atoms with Gasteiger partial charge >= 0.3 is 0 Å². The van der Waals surface area contributed by atoms with Crippen LogP contribution >= 0.6 is 0 Å². The van der Waals surface area contributed by atoms with Gasteiger partial charge in [0, 0.05) is 18.7 Å². The number of nitrogens with zero attached hydrogens (tertiary/aromatic N) is 1. The highest BCUT2D eigenvalue weighted by molar-refractivity contribution is 5.79. The van der Waals surface area contributed by atoms with Crippen LogP contribution in [-0.4, -0.2) is 17.2 Å². The van der Waals surface area contributed by atoms with Crippen molar-refractivity contribution in [2.75, 3.05) is 7.11 Å². The third-order valence-corrected chi connectivity index (χ3v) is 3.60. The van der Waals surface area contributed by atoms with Gasteiger partial charge in [-0.25, -0.2) is 0 Å². The van der Waals surface area contributed by atoms with E-state index in [-0.39, 0.29) is 0 Å². The molecule has 0 bridgehead atoms. The fourth-order valence-corrected chi connectivity index (χ4v) is 2.52. The van der Waals surface area contributed by atoms with E-state index >= 15 is 0 Å². The number of aliphatic hydroxyl groups is 1. The zero-order valence-electron chi connectivity index (χ0n) is 11.9. The Labute approximate surface area is 123 Å². The molecule has 3 heteroatoms. The van der Waals surface area contributed by atoms with Crippen LogP contribution in [0.5, 0.6) is 0 Å². The van der Waals surface area contributed by atoms with Gasteiger partial charge in [-0.2, -0.15) is 0 Å². The number of aromatic nitrogens is 1. The van der Waals surface area contributed by atoms with Crippen LogP contribution in [0.2, 0.25) is 0 Å². The molecule has 1 heterocycles. The number of methoxy groups -OCH3 is 1. The minimum absolute atomic E-state index is 0.485. The molecule has 0 saturated carbocycles. The molecule has 1 aromatic heterocycles. The molecule has 1 N–H and O–H groups in total. The molecule has 0 aliphatic carbocycles. The van der Waals surface area contributed by atoms with Gasteiger partial charge in [0.1, 0.15) is 6.10 Å². The molecule has 1 atom stereocenters. The number of hydrogen-bond acceptors (Lipinski definition) is 3. The van der Waals surface area contributed by atoms with Crippen LogP contribution in [0.25, 0.3) is 10.9 Å². The lowest BCUT2D eigenvalue weighted by atomic mass is 9.96. The molecule has 0 aliphatic heterocycles. The van der Waals surface area contributed by atoms with Gasteiger partial charge in [-0.15, -0.1) is 0 Å². The predicted molar refractivity (Wildman–Crippen MR) is 83.0 cm³/mol. The summed E-state index contributed by atoms with van der Waals surface area (Å²) < 4.78 is 5.20. The van der Waals surface area contributed by atoms with E-state index in [0.717, 1.165) is 27.6 Å². The lowest BCUT2D eigenvalue weighted by molar-refractivity contribution is 0.176. The number of pyridine rings is 1. The van der Waals surface area contributed by atoms with Crippen molar-refractivity contribution in [2.24, 2.45) is 0 Å². The summed E-state index contributed by atoms with van der Waals surface area (Å²) in [7, 11) is 1.66. The average Bonchev–Trinajstić information content (AvgIpc) is 2.54. The molecular formula is C18H17NO2. The monoisotopic (exact) mass is 279 g/mol. The fourth-order valence-electron chi connectivity index (χ4n) is 2.52. The lowest BCUT2D eigenvalue weighted by Gasteiger charge is -2.16. The number of ether oxygens (including phenoxy) is 1. The fraction of sp³-hybridized carbons (Fsp3) is 0.167. The van der Waals surface area contributed by atoms with E-state index in [0.29, 0.717) is 6.61 Å². The Kier molecular flexibility index (Phi) is 3.95. The lowest BCUT2D eigenvalue weighted by Crippen LogP contribution is -2.04. The van der Waals surface area contributed by atoms with Crippen LogP contribution in [0.3, 0.4) is 0 Å². The number of aliphatic hydroxyl groups excluding tert-OH is 1. The molecule has 3 rings (SSSR count). The topological polar surface area (TPSA) is 42.4 Å². The molecule has 3 nitrogen and oxygen atoms in total. The van der Waals surface area contributed by atoms with Crippen molar-refractivity contribution in [3.8, 4) is 0 Å². The second-order valence-corrected chi connectivity index (χ2v) is 4.99. The maximum absolute atomic E-state index is 10.7. The van der Waals surface area contributed by atoms with Gasteiger partial charge in [0.05, 0.1) is 12.1 Å². The standard InChI is InChI=1S/C18H17NO2/c1-21-12-15-5-2-3-7-16(15)18(20)14-9-8-13-6-4-10-19-17(13)11-14/h2-11,18,20H,12H2,1H3. The maximum atomic E-state index is 10.7. The smallest absolute Gasteiger partial charge is 0.104 e. The summed E-state index contributed by atoms with van der Waals surface area (Å²) in [6.07, 6.45) is 1.08. The van der Waals surface area contributed by atoms with E-state index < -0.39 is 6.10 Å². The first-order valence-corrected chi connectivity index (χ1v) is 6.89. The van der Waals surface area contributed by atoms with E-state index in [2.05, 4.69) is 4.98 Å². The van der Waals surface area contributed by atoms with Crippen molar-refractivity contribution in [3.63, 3.8) is 0 Å². The van der Waals surface area contributed by atoms with Gasteiger partial charge in [-0.1, -0.05) is 42.5 Å². The van der Waals surface area contributed by atoms with Gasteiger partial charge in [-0.05, 0) is 28.8 Å². The Balaban J connectivity index is 2.02. The Hall–Kier alpha value is -2.23. The van der Waals surface area contributed by atoms with Crippen LogP contribution < -0.4 is 0 Å². The highest BCUT2D eigenvalue weighted by Crippen LogP contribution is 2.27. The predicted octanol–water partition coefficient (Wildman–Crippen LogP) is 3.46. The van der Waals surface area contributed by atoms with Crippen LogP contribution in [0.4, 0.5) is 0 Å². The summed E-state index contributed by atoms with van der Waals surface area (Å²) >= 11 is 0. The first-order chi connectivity index (χ1) is 10.3. The normalized spacial score (nSPS) is 12.5. The van der Waals surface area contributed by atoms with Crippen molar-refractivity contribution in [2.45, 2.75) is 12.7 Å². The first-order valence-electron chi connectivity index (χ1n) is 6.89. The zero-order chi connectivity index (χ0) is 14.7. The van der Waals surface area contributed by atoms with Gasteiger partial charge in [0.25, 0.3) is 0 Å². The number of rotatable bonds is 4. The minimum Gasteiger partial charge on any atom is -0.384 e. The summed E-state index contributed by atoms with van der Waals surface area (Å²) in [5.74, 6) is 0. The molecule has 0 radical (unpaired) electrons. The summed E-state index contributed by atoms with van der Waals surface area (Å²) in [4.78, 5) is 4.34. The van der Waals surface area contributed by atoms with Crippen molar-refractivity contribution in [1.82, 2.24) is 4.98 Å². The largest absolute Gasteiger partial charge is 0.384 e. The summed E-state index contributed by atoms with van der Waals surface area (Å²) in [6, 6.07) is 17.6. The summed E-state index contributed by atoms with van der Waals surface area (Å²) in [5, 5.41) is 11.7. The second kappa shape index (κ2) is 6.04. The van der Waals surface area contributed by atoms with E-state index in [1.54, 1.807) is 13.3 Å². The molecule has 21 heavy (non-hydrogen) atoms. The van der Waals surface area contributed by atoms with Crippen LogP contribution in [-0.2, 0) is 11.3 Å². The van der Waals surface area contributed by atoms with Crippen LogP contribution in [0.15, 0.2) is 60.8 Å². The zero-order valence-corrected chi connectivity index (χ0v) is 11.9. The van der Waals surface area contributed by atoms with Crippen molar-refractivity contribution < 1.29 is 9.84 Å². The van der Waals surface area contributed by atoms with Crippen molar-refractivity contribution in [1.29, 1.82) is 0 Å². The molecule has 3 aromatic rings.